The molecule has 0 amide bonds. The maximum Gasteiger partial charge on any atom is 0.150 e. The molecule has 1 aliphatic heterocycles. The van der Waals surface area contributed by atoms with Crippen LogP contribution < -0.4 is 10.2 Å². The van der Waals surface area contributed by atoms with Crippen LogP contribution in [0.5, 0.6) is 0 Å². The number of hydrogen-bond donors (Lipinski definition) is 1. The van der Waals surface area contributed by atoms with E-state index in [-0.39, 0.29) is 5.54 Å². The van der Waals surface area contributed by atoms with Crippen LogP contribution in [0.3, 0.4) is 0 Å². The summed E-state index contributed by atoms with van der Waals surface area (Å²) in [6.07, 6.45) is 2.31. The van der Waals surface area contributed by atoms with Crippen LogP contribution in [0.1, 0.15) is 31.3 Å². The zero-order valence-corrected chi connectivity index (χ0v) is 10.5. The van der Waals surface area contributed by atoms with Crippen LogP contribution in [0.15, 0.2) is 6.07 Å². The third-order valence-corrected chi connectivity index (χ3v) is 3.16. The largest absolute Gasteiger partial charge is 0.363 e. The lowest BCUT2D eigenvalue weighted by Gasteiger charge is -2.24. The summed E-state index contributed by atoms with van der Waals surface area (Å²) in [6, 6.07) is 2.02. The molecule has 1 fully saturated rings. The molecular formula is C12H20N4. The Morgan fingerprint density at radius 3 is 2.69 bits per heavy atom. The molecule has 16 heavy (non-hydrogen) atoms. The Morgan fingerprint density at radius 1 is 1.38 bits per heavy atom. The van der Waals surface area contributed by atoms with Gasteiger partial charge in [0, 0.05) is 25.9 Å². The lowest BCUT2D eigenvalue weighted by molar-refractivity contribution is 0.406. The van der Waals surface area contributed by atoms with Crippen LogP contribution in [0.25, 0.3) is 0 Å². The van der Waals surface area contributed by atoms with E-state index in [1.807, 2.05) is 32.0 Å². The third-order valence-electron chi connectivity index (χ3n) is 3.16. The van der Waals surface area contributed by atoms with E-state index >= 15 is 0 Å². The van der Waals surface area contributed by atoms with Gasteiger partial charge in [0.2, 0.25) is 0 Å². The number of hydrogen-bond acceptors (Lipinski definition) is 4. The lowest BCUT2D eigenvalue weighted by atomic mass is 9.99. The minimum absolute atomic E-state index is 0.0449. The number of nitrogens with zero attached hydrogens (tertiary/aromatic N) is 3. The Morgan fingerprint density at radius 2 is 2.12 bits per heavy atom. The molecule has 88 valence electrons. The molecule has 1 aromatic rings. The predicted molar refractivity (Wildman–Crippen MR) is 65.7 cm³/mol. The molecule has 1 aliphatic rings. The smallest absolute Gasteiger partial charge is 0.150 e. The maximum atomic E-state index is 4.64. The Labute approximate surface area is 97.1 Å². The van der Waals surface area contributed by atoms with Crippen LogP contribution in [-0.4, -0.2) is 30.6 Å². The molecule has 0 spiro atoms. The standard InChI is InChI=1S/C12H20N4/c1-9-8-10(16(3)4)15-11(14-9)12(2)6-5-7-13-12/h8,13H,5-7H2,1-4H3. The minimum atomic E-state index is -0.0449. The van der Waals surface area contributed by atoms with Crippen LogP contribution in [-0.2, 0) is 5.54 Å². The van der Waals surface area contributed by atoms with Crippen molar-refractivity contribution in [3.05, 3.63) is 17.6 Å². The topological polar surface area (TPSA) is 41.1 Å². The highest BCUT2D eigenvalue weighted by molar-refractivity contribution is 5.38. The Bertz CT molecular complexity index is 381. The summed E-state index contributed by atoms with van der Waals surface area (Å²) in [5.41, 5.74) is 0.986. The highest BCUT2D eigenvalue weighted by atomic mass is 15.2. The summed E-state index contributed by atoms with van der Waals surface area (Å²) in [4.78, 5) is 11.2. The van der Waals surface area contributed by atoms with E-state index in [1.54, 1.807) is 0 Å². The van der Waals surface area contributed by atoms with E-state index in [0.29, 0.717) is 0 Å². The summed E-state index contributed by atoms with van der Waals surface area (Å²) in [5.74, 6) is 1.91. The Balaban J connectivity index is 2.40. The summed E-state index contributed by atoms with van der Waals surface area (Å²) >= 11 is 0. The summed E-state index contributed by atoms with van der Waals surface area (Å²) in [7, 11) is 4.02. The Kier molecular flexibility index (Phi) is 2.84. The van der Waals surface area contributed by atoms with E-state index in [4.69, 9.17) is 0 Å². The number of aromatic nitrogens is 2. The van der Waals surface area contributed by atoms with Crippen molar-refractivity contribution in [1.82, 2.24) is 15.3 Å². The zero-order valence-electron chi connectivity index (χ0n) is 10.5. The molecule has 4 heteroatoms. The van der Waals surface area contributed by atoms with E-state index in [9.17, 15) is 0 Å². The molecule has 0 aliphatic carbocycles. The number of nitrogens with one attached hydrogen (secondary N) is 1. The summed E-state index contributed by atoms with van der Waals surface area (Å²) < 4.78 is 0. The first-order valence-electron chi connectivity index (χ1n) is 5.80. The van der Waals surface area contributed by atoms with Gasteiger partial charge in [-0.05, 0) is 33.2 Å². The number of aryl methyl sites for hydroxylation is 1. The van der Waals surface area contributed by atoms with Crippen molar-refractivity contribution in [3.63, 3.8) is 0 Å². The van der Waals surface area contributed by atoms with Crippen molar-refractivity contribution in [1.29, 1.82) is 0 Å². The quantitative estimate of drug-likeness (QED) is 0.819. The highest BCUT2D eigenvalue weighted by Crippen LogP contribution is 2.28. The zero-order chi connectivity index (χ0) is 11.8. The van der Waals surface area contributed by atoms with Crippen molar-refractivity contribution in [2.75, 3.05) is 25.5 Å². The average Bonchev–Trinajstić information content (AvgIpc) is 2.65. The molecule has 0 radical (unpaired) electrons. The second kappa shape index (κ2) is 4.01. The van der Waals surface area contributed by atoms with Gasteiger partial charge < -0.3 is 10.2 Å². The van der Waals surface area contributed by atoms with Gasteiger partial charge in [-0.15, -0.1) is 0 Å². The van der Waals surface area contributed by atoms with E-state index < -0.39 is 0 Å². The molecule has 1 N–H and O–H groups in total. The van der Waals surface area contributed by atoms with Crippen molar-refractivity contribution in [2.24, 2.45) is 0 Å². The first-order chi connectivity index (χ1) is 7.51. The van der Waals surface area contributed by atoms with Gasteiger partial charge in [0.15, 0.2) is 5.82 Å². The fourth-order valence-electron chi connectivity index (χ4n) is 2.11. The molecule has 1 atom stereocenters. The summed E-state index contributed by atoms with van der Waals surface area (Å²) in [5, 5.41) is 3.50. The van der Waals surface area contributed by atoms with Crippen molar-refractivity contribution in [3.8, 4) is 0 Å². The van der Waals surface area contributed by atoms with Gasteiger partial charge in [0.25, 0.3) is 0 Å². The van der Waals surface area contributed by atoms with E-state index in [2.05, 4.69) is 22.2 Å². The van der Waals surface area contributed by atoms with E-state index in [0.717, 1.165) is 30.3 Å². The second-order valence-electron chi connectivity index (χ2n) is 4.95. The van der Waals surface area contributed by atoms with Gasteiger partial charge in [-0.25, -0.2) is 9.97 Å². The molecule has 0 aromatic carbocycles. The van der Waals surface area contributed by atoms with Crippen LogP contribution in [0.2, 0.25) is 0 Å². The molecular weight excluding hydrogens is 200 g/mol. The highest BCUT2D eigenvalue weighted by Gasteiger charge is 2.33. The van der Waals surface area contributed by atoms with Crippen LogP contribution in [0.4, 0.5) is 5.82 Å². The van der Waals surface area contributed by atoms with Gasteiger partial charge >= 0.3 is 0 Å². The minimum Gasteiger partial charge on any atom is -0.363 e. The molecule has 0 saturated carbocycles. The third kappa shape index (κ3) is 2.02. The molecule has 1 aromatic heterocycles. The van der Waals surface area contributed by atoms with Crippen molar-refractivity contribution < 1.29 is 0 Å². The average molecular weight is 220 g/mol. The van der Waals surface area contributed by atoms with Gasteiger partial charge in [-0.3, -0.25) is 0 Å². The molecule has 2 heterocycles. The molecule has 2 rings (SSSR count). The Hall–Kier alpha value is -1.16. The molecule has 4 nitrogen and oxygen atoms in total. The fraction of sp³-hybridized carbons (Fsp3) is 0.667. The van der Waals surface area contributed by atoms with Crippen LogP contribution in [0, 0.1) is 6.92 Å². The van der Waals surface area contributed by atoms with Crippen molar-refractivity contribution >= 4 is 5.82 Å². The monoisotopic (exact) mass is 220 g/mol. The first kappa shape index (κ1) is 11.3. The van der Waals surface area contributed by atoms with Gasteiger partial charge in [-0.1, -0.05) is 0 Å². The molecule has 1 unspecified atom stereocenters. The first-order valence-corrected chi connectivity index (χ1v) is 5.80. The normalized spacial score (nSPS) is 24.8. The molecule has 1 saturated heterocycles. The van der Waals surface area contributed by atoms with E-state index in [1.165, 1.54) is 6.42 Å². The lowest BCUT2D eigenvalue weighted by Crippen LogP contribution is -2.35. The summed E-state index contributed by atoms with van der Waals surface area (Å²) in [6.45, 7) is 5.27. The predicted octanol–water partition coefficient (Wildman–Crippen LogP) is 1.45. The van der Waals surface area contributed by atoms with Crippen molar-refractivity contribution in [2.45, 2.75) is 32.2 Å². The fourth-order valence-corrected chi connectivity index (χ4v) is 2.11. The maximum absolute atomic E-state index is 4.64. The van der Waals surface area contributed by atoms with Gasteiger partial charge in [-0.2, -0.15) is 0 Å². The number of anilines is 1. The van der Waals surface area contributed by atoms with Crippen LogP contribution >= 0.6 is 0 Å². The second-order valence-corrected chi connectivity index (χ2v) is 4.95. The van der Waals surface area contributed by atoms with Gasteiger partial charge in [0.05, 0.1) is 5.54 Å². The van der Waals surface area contributed by atoms with Gasteiger partial charge in [0.1, 0.15) is 5.82 Å². The number of rotatable bonds is 2. The molecule has 0 bridgehead atoms. The SMILES string of the molecule is Cc1cc(N(C)C)nc(C2(C)CCCN2)n1.